The number of carbonyl (C=O) groups is 1. The van der Waals surface area contributed by atoms with Crippen molar-refractivity contribution in [1.82, 2.24) is 0 Å². The smallest absolute Gasteiger partial charge is 0.303 e. The van der Waals surface area contributed by atoms with Crippen molar-refractivity contribution in [2.75, 3.05) is 0 Å². The third-order valence-corrected chi connectivity index (χ3v) is 2.28. The summed E-state index contributed by atoms with van der Waals surface area (Å²) in [6, 6.07) is 8.14. The fourth-order valence-electron chi connectivity index (χ4n) is 1.67. The molecule has 1 aromatic rings. The van der Waals surface area contributed by atoms with E-state index < -0.39 is 0 Å². The Kier molecular flexibility index (Phi) is 2.35. The average Bonchev–Trinajstić information content (AvgIpc) is 2.17. The first-order valence-electron chi connectivity index (χ1n) is 4.69. The van der Waals surface area contributed by atoms with Crippen molar-refractivity contribution in [3.8, 4) is 0 Å². The van der Waals surface area contributed by atoms with E-state index in [1.807, 2.05) is 24.3 Å². The monoisotopic (exact) mass is 188 g/mol. The van der Waals surface area contributed by atoms with Gasteiger partial charge in [0, 0.05) is 13.3 Å². The van der Waals surface area contributed by atoms with Gasteiger partial charge in [-0.05, 0) is 17.2 Å². The maximum Gasteiger partial charge on any atom is 0.303 e. The molecule has 0 aromatic heterocycles. The van der Waals surface area contributed by atoms with Gasteiger partial charge in [-0.3, -0.25) is 4.79 Å². The fraction of sp³-hybridized carbons (Fsp3) is 0.250. The molecule has 0 heterocycles. The third-order valence-electron chi connectivity index (χ3n) is 2.28. The molecular weight excluding hydrogens is 176 g/mol. The van der Waals surface area contributed by atoms with Gasteiger partial charge in [0.1, 0.15) is 6.10 Å². The highest BCUT2D eigenvalue weighted by molar-refractivity contribution is 5.67. The molecule has 0 aliphatic heterocycles. The van der Waals surface area contributed by atoms with Crippen molar-refractivity contribution in [2.24, 2.45) is 0 Å². The van der Waals surface area contributed by atoms with E-state index in [0.717, 1.165) is 6.42 Å². The zero-order valence-electron chi connectivity index (χ0n) is 8.07. The maximum atomic E-state index is 10.8. The number of ether oxygens (including phenoxy) is 1. The van der Waals surface area contributed by atoms with Crippen LogP contribution in [0.1, 0.15) is 18.1 Å². The van der Waals surface area contributed by atoms with Crippen molar-refractivity contribution in [2.45, 2.75) is 19.4 Å². The van der Waals surface area contributed by atoms with Crippen molar-refractivity contribution >= 4 is 12.0 Å². The molecule has 1 aliphatic carbocycles. The summed E-state index contributed by atoms with van der Waals surface area (Å²) in [6.07, 6.45) is 4.63. The summed E-state index contributed by atoms with van der Waals surface area (Å²) in [5, 5.41) is 0. The summed E-state index contributed by atoms with van der Waals surface area (Å²) >= 11 is 0. The predicted molar refractivity (Wildman–Crippen MR) is 54.7 cm³/mol. The van der Waals surface area contributed by atoms with Crippen LogP contribution in [0.25, 0.3) is 6.08 Å². The lowest BCUT2D eigenvalue weighted by molar-refractivity contribution is -0.144. The molecule has 2 rings (SSSR count). The lowest BCUT2D eigenvalue weighted by atomic mass is 9.96. The second-order valence-electron chi connectivity index (χ2n) is 3.41. The van der Waals surface area contributed by atoms with Gasteiger partial charge in [-0.15, -0.1) is 0 Å². The maximum absolute atomic E-state index is 10.8. The number of carbonyl (C=O) groups excluding carboxylic acids is 1. The molecule has 2 heteroatoms. The van der Waals surface area contributed by atoms with E-state index in [2.05, 4.69) is 12.1 Å². The van der Waals surface area contributed by atoms with Crippen molar-refractivity contribution < 1.29 is 9.53 Å². The Balaban J connectivity index is 2.17. The Morgan fingerprint density at radius 3 is 3.00 bits per heavy atom. The number of benzene rings is 1. The highest BCUT2D eigenvalue weighted by atomic mass is 16.5. The molecule has 0 fully saturated rings. The number of fused-ring (bicyclic) bond motifs is 1. The Labute approximate surface area is 83.2 Å². The number of rotatable bonds is 1. The fourth-order valence-corrected chi connectivity index (χ4v) is 1.67. The van der Waals surface area contributed by atoms with E-state index in [4.69, 9.17) is 4.74 Å². The van der Waals surface area contributed by atoms with Crippen LogP contribution < -0.4 is 0 Å². The van der Waals surface area contributed by atoms with Crippen LogP contribution in [0.3, 0.4) is 0 Å². The second kappa shape index (κ2) is 3.66. The summed E-state index contributed by atoms with van der Waals surface area (Å²) in [4.78, 5) is 10.8. The van der Waals surface area contributed by atoms with E-state index in [9.17, 15) is 4.79 Å². The zero-order valence-corrected chi connectivity index (χ0v) is 8.07. The molecule has 1 atom stereocenters. The number of esters is 1. The van der Waals surface area contributed by atoms with Crippen LogP contribution in [-0.2, 0) is 16.0 Å². The highest BCUT2D eigenvalue weighted by Gasteiger charge is 2.14. The largest absolute Gasteiger partial charge is 0.458 e. The van der Waals surface area contributed by atoms with Crippen LogP contribution in [0.2, 0.25) is 0 Å². The zero-order chi connectivity index (χ0) is 9.97. The molecular formula is C12H12O2. The SMILES string of the molecule is CC(=O)OC1C=Cc2ccccc2C1. The lowest BCUT2D eigenvalue weighted by Gasteiger charge is -2.18. The Morgan fingerprint density at radius 2 is 2.21 bits per heavy atom. The number of hydrogen-bond acceptors (Lipinski definition) is 2. The molecule has 72 valence electrons. The predicted octanol–water partition coefficient (Wildman–Crippen LogP) is 2.19. The van der Waals surface area contributed by atoms with Gasteiger partial charge in [0.15, 0.2) is 0 Å². The lowest BCUT2D eigenvalue weighted by Crippen LogP contribution is -2.19. The van der Waals surface area contributed by atoms with Gasteiger partial charge in [0.05, 0.1) is 0 Å². The molecule has 1 aromatic carbocycles. The van der Waals surface area contributed by atoms with Gasteiger partial charge < -0.3 is 4.74 Å². The van der Waals surface area contributed by atoms with Crippen molar-refractivity contribution in [1.29, 1.82) is 0 Å². The molecule has 0 amide bonds. The van der Waals surface area contributed by atoms with Gasteiger partial charge in [-0.25, -0.2) is 0 Å². The minimum absolute atomic E-state index is 0.0950. The average molecular weight is 188 g/mol. The molecule has 0 spiro atoms. The molecule has 0 saturated carbocycles. The van der Waals surface area contributed by atoms with Crippen LogP contribution in [0.15, 0.2) is 30.3 Å². The highest BCUT2D eigenvalue weighted by Crippen LogP contribution is 2.20. The van der Waals surface area contributed by atoms with Crippen LogP contribution in [0.4, 0.5) is 0 Å². The molecule has 0 bridgehead atoms. The summed E-state index contributed by atoms with van der Waals surface area (Å²) < 4.78 is 5.12. The summed E-state index contributed by atoms with van der Waals surface area (Å²) in [7, 11) is 0. The van der Waals surface area contributed by atoms with Crippen LogP contribution >= 0.6 is 0 Å². The summed E-state index contributed by atoms with van der Waals surface area (Å²) in [6.45, 7) is 1.44. The van der Waals surface area contributed by atoms with Crippen molar-refractivity contribution in [3.63, 3.8) is 0 Å². The minimum Gasteiger partial charge on any atom is -0.458 e. The van der Waals surface area contributed by atoms with Crippen LogP contribution in [-0.4, -0.2) is 12.1 Å². The Bertz CT molecular complexity index is 380. The van der Waals surface area contributed by atoms with E-state index >= 15 is 0 Å². The Morgan fingerprint density at radius 1 is 1.43 bits per heavy atom. The van der Waals surface area contributed by atoms with Gasteiger partial charge in [0.2, 0.25) is 0 Å². The van der Waals surface area contributed by atoms with E-state index in [0.29, 0.717) is 0 Å². The second-order valence-corrected chi connectivity index (χ2v) is 3.41. The minimum atomic E-state index is -0.223. The summed E-state index contributed by atoms with van der Waals surface area (Å²) in [5.41, 5.74) is 2.46. The van der Waals surface area contributed by atoms with E-state index in [1.54, 1.807) is 0 Å². The van der Waals surface area contributed by atoms with E-state index in [-0.39, 0.29) is 12.1 Å². The standard InChI is InChI=1S/C12H12O2/c1-9(13)14-12-7-6-10-4-2-3-5-11(10)8-12/h2-7,12H,8H2,1H3. The first-order valence-corrected chi connectivity index (χ1v) is 4.69. The first kappa shape index (κ1) is 9.00. The third kappa shape index (κ3) is 1.84. The molecule has 1 aliphatic rings. The van der Waals surface area contributed by atoms with Crippen LogP contribution in [0.5, 0.6) is 0 Å². The van der Waals surface area contributed by atoms with Crippen molar-refractivity contribution in [3.05, 3.63) is 41.5 Å². The Hall–Kier alpha value is -1.57. The van der Waals surface area contributed by atoms with Gasteiger partial charge in [-0.1, -0.05) is 30.3 Å². The molecule has 2 nitrogen and oxygen atoms in total. The van der Waals surface area contributed by atoms with Gasteiger partial charge >= 0.3 is 5.97 Å². The number of hydrogen-bond donors (Lipinski definition) is 0. The van der Waals surface area contributed by atoms with E-state index in [1.165, 1.54) is 18.1 Å². The van der Waals surface area contributed by atoms with Crippen LogP contribution in [0, 0.1) is 0 Å². The molecule has 0 radical (unpaired) electrons. The molecule has 1 unspecified atom stereocenters. The molecule has 14 heavy (non-hydrogen) atoms. The quantitative estimate of drug-likeness (QED) is 0.631. The first-order chi connectivity index (χ1) is 6.75. The topological polar surface area (TPSA) is 26.3 Å². The normalized spacial score (nSPS) is 18.8. The molecule has 0 saturated heterocycles. The van der Waals surface area contributed by atoms with Gasteiger partial charge in [-0.2, -0.15) is 0 Å². The molecule has 0 N–H and O–H groups in total. The van der Waals surface area contributed by atoms with Gasteiger partial charge in [0.25, 0.3) is 0 Å². The summed E-state index contributed by atoms with van der Waals surface area (Å²) in [5.74, 6) is -0.223.